The quantitative estimate of drug-likeness (QED) is 0.496. The zero-order valence-electron chi connectivity index (χ0n) is 17.6. The van der Waals surface area contributed by atoms with Crippen LogP contribution >= 0.6 is 22.9 Å². The van der Waals surface area contributed by atoms with Gasteiger partial charge in [-0.05, 0) is 50.3 Å². The summed E-state index contributed by atoms with van der Waals surface area (Å²) in [4.78, 5) is 29.5. The van der Waals surface area contributed by atoms with E-state index in [0.29, 0.717) is 16.1 Å². The van der Waals surface area contributed by atoms with Gasteiger partial charge in [-0.25, -0.2) is 23.0 Å². The molecule has 1 heterocycles. The number of nitrogens with zero attached hydrogens (tertiary/aromatic N) is 1. The number of aliphatic hydroxyl groups is 1. The van der Waals surface area contributed by atoms with Crippen LogP contribution in [0.2, 0.25) is 5.02 Å². The van der Waals surface area contributed by atoms with Gasteiger partial charge >= 0.3 is 12.0 Å². The van der Waals surface area contributed by atoms with Crippen LogP contribution in [-0.4, -0.2) is 55.5 Å². The highest BCUT2D eigenvalue weighted by atomic mass is 35.5. The Hall–Kier alpha value is -2.21. The van der Waals surface area contributed by atoms with Crippen molar-refractivity contribution in [1.82, 2.24) is 10.3 Å². The highest BCUT2D eigenvalue weighted by molar-refractivity contribution is 7.90. The first-order valence-corrected chi connectivity index (χ1v) is 13.0. The number of esters is 1. The van der Waals surface area contributed by atoms with Crippen LogP contribution in [0.3, 0.4) is 0 Å². The Morgan fingerprint density at radius 1 is 1.34 bits per heavy atom. The maximum absolute atomic E-state index is 12.3. The molecule has 0 saturated heterocycles. The number of anilines is 1. The fourth-order valence-electron chi connectivity index (χ4n) is 3.37. The summed E-state index contributed by atoms with van der Waals surface area (Å²) in [5.41, 5.74) is 1.16. The first kappa shape index (κ1) is 24.4. The van der Waals surface area contributed by atoms with E-state index in [1.54, 1.807) is 13.0 Å². The number of halogens is 1. The van der Waals surface area contributed by atoms with Gasteiger partial charge in [0.25, 0.3) is 0 Å². The molecule has 1 fully saturated rings. The first-order chi connectivity index (χ1) is 15.1. The number of hydrogen-bond acceptors (Lipinski definition) is 8. The van der Waals surface area contributed by atoms with Crippen molar-refractivity contribution in [3.8, 4) is 10.4 Å². The number of carbonyl (C=O) groups is 2. The highest BCUT2D eigenvalue weighted by Crippen LogP contribution is 2.35. The van der Waals surface area contributed by atoms with Crippen molar-refractivity contribution < 1.29 is 27.9 Å². The number of nitrogens with one attached hydrogen (secondary N) is 2. The summed E-state index contributed by atoms with van der Waals surface area (Å²) in [6.07, 6.45) is 4.43. The van der Waals surface area contributed by atoms with Gasteiger partial charge < -0.3 is 15.2 Å². The van der Waals surface area contributed by atoms with Gasteiger partial charge in [-0.15, -0.1) is 0 Å². The minimum absolute atomic E-state index is 0.00304. The third-order valence-corrected chi connectivity index (χ3v) is 7.67. The number of carbonyl (C=O) groups excluding carboxylic acids is 2. The number of ether oxygens (including phenoxy) is 1. The van der Waals surface area contributed by atoms with Crippen LogP contribution in [0.5, 0.6) is 0 Å². The molecule has 0 radical (unpaired) electrons. The second kappa shape index (κ2) is 10.2. The topological polar surface area (TPSA) is 135 Å². The van der Waals surface area contributed by atoms with Gasteiger partial charge in [-0.2, -0.15) is 0 Å². The molecule has 1 atom stereocenters. The Kier molecular flexibility index (Phi) is 7.75. The molecule has 9 nitrogen and oxygen atoms in total. The van der Waals surface area contributed by atoms with Crippen LogP contribution in [-0.2, 0) is 19.4 Å². The molecule has 0 aliphatic heterocycles. The van der Waals surface area contributed by atoms with Crippen molar-refractivity contribution in [2.75, 3.05) is 18.2 Å². The minimum atomic E-state index is -3.52. The molecule has 2 aromatic rings. The second-order valence-corrected chi connectivity index (χ2v) is 10.9. The van der Waals surface area contributed by atoms with Crippen molar-refractivity contribution in [2.24, 2.45) is 0 Å². The summed E-state index contributed by atoms with van der Waals surface area (Å²) < 4.78 is 29.2. The first-order valence-electron chi connectivity index (χ1n) is 9.94. The van der Waals surface area contributed by atoms with Crippen LogP contribution in [0.1, 0.15) is 31.4 Å². The smallest absolute Gasteiger partial charge is 0.331 e. The van der Waals surface area contributed by atoms with E-state index < -0.39 is 34.5 Å². The van der Waals surface area contributed by atoms with Gasteiger partial charge in [0.05, 0.1) is 27.1 Å². The molecular formula is C20H24ClN3O6S2. The lowest BCUT2D eigenvalue weighted by Crippen LogP contribution is -2.46. The summed E-state index contributed by atoms with van der Waals surface area (Å²) in [5.74, 6) is -0.681. The molecule has 0 bridgehead atoms. The van der Waals surface area contributed by atoms with Crippen molar-refractivity contribution in [3.63, 3.8) is 0 Å². The van der Waals surface area contributed by atoms with E-state index in [1.807, 2.05) is 0 Å². The van der Waals surface area contributed by atoms with E-state index in [9.17, 15) is 23.1 Å². The van der Waals surface area contributed by atoms with Gasteiger partial charge in [0.15, 0.2) is 21.0 Å². The van der Waals surface area contributed by atoms with E-state index in [4.69, 9.17) is 16.3 Å². The van der Waals surface area contributed by atoms with Crippen LogP contribution in [0.25, 0.3) is 10.4 Å². The van der Waals surface area contributed by atoms with Gasteiger partial charge in [-0.1, -0.05) is 29.0 Å². The molecule has 3 rings (SSSR count). The van der Waals surface area contributed by atoms with E-state index in [2.05, 4.69) is 15.6 Å². The third-order valence-electron chi connectivity index (χ3n) is 4.97. The molecule has 174 valence electrons. The molecule has 1 aliphatic carbocycles. The lowest BCUT2D eigenvalue weighted by molar-refractivity contribution is -0.152. The maximum Gasteiger partial charge on any atom is 0.331 e. The maximum atomic E-state index is 12.3. The molecular weight excluding hydrogens is 478 g/mol. The number of sulfone groups is 1. The largest absolute Gasteiger partial charge is 0.461 e. The van der Waals surface area contributed by atoms with E-state index >= 15 is 0 Å². The number of aliphatic hydroxyl groups excluding tert-OH is 1. The Labute approximate surface area is 195 Å². The summed E-state index contributed by atoms with van der Waals surface area (Å²) >= 11 is 7.14. The number of aromatic nitrogens is 1. The van der Waals surface area contributed by atoms with Gasteiger partial charge in [0.2, 0.25) is 0 Å². The normalized spacial score (nSPS) is 15.4. The number of rotatable bonds is 7. The van der Waals surface area contributed by atoms with Crippen LogP contribution in [0, 0.1) is 6.92 Å². The summed E-state index contributed by atoms with van der Waals surface area (Å²) in [7, 11) is -3.52. The highest BCUT2D eigenvalue weighted by Gasteiger charge is 2.27. The molecule has 32 heavy (non-hydrogen) atoms. The number of aryl methyl sites for hydroxylation is 1. The minimum Gasteiger partial charge on any atom is -0.461 e. The van der Waals surface area contributed by atoms with Crippen molar-refractivity contribution in [1.29, 1.82) is 0 Å². The van der Waals surface area contributed by atoms with E-state index in [1.165, 1.54) is 12.1 Å². The Balaban J connectivity index is 1.69. The SMILES string of the molecule is Cc1nc(NC(=O)N[C@@H](CO)C(=O)OC2CCCC2)sc1-c1ccc(Cl)c(S(C)(=O)=O)c1. The van der Waals surface area contributed by atoms with Gasteiger partial charge in [-0.3, -0.25) is 5.32 Å². The number of amides is 2. The van der Waals surface area contributed by atoms with Crippen molar-refractivity contribution >= 4 is 49.9 Å². The van der Waals surface area contributed by atoms with E-state index in [-0.39, 0.29) is 21.2 Å². The average Bonchev–Trinajstić information content (AvgIpc) is 3.35. The van der Waals surface area contributed by atoms with E-state index in [0.717, 1.165) is 43.3 Å². The van der Waals surface area contributed by atoms with Gasteiger partial charge in [0, 0.05) is 6.26 Å². The lowest BCUT2D eigenvalue weighted by Gasteiger charge is -2.18. The van der Waals surface area contributed by atoms with Crippen LogP contribution < -0.4 is 10.6 Å². The molecule has 1 aliphatic rings. The Morgan fingerprint density at radius 2 is 2.03 bits per heavy atom. The number of urea groups is 1. The van der Waals surface area contributed by atoms with Crippen molar-refractivity contribution in [2.45, 2.75) is 49.6 Å². The van der Waals surface area contributed by atoms with Crippen LogP contribution in [0.15, 0.2) is 23.1 Å². The molecule has 1 saturated carbocycles. The predicted molar refractivity (Wildman–Crippen MR) is 122 cm³/mol. The number of thiazole rings is 1. The zero-order valence-corrected chi connectivity index (χ0v) is 19.9. The lowest BCUT2D eigenvalue weighted by atomic mass is 10.2. The molecule has 0 spiro atoms. The van der Waals surface area contributed by atoms with Crippen molar-refractivity contribution in [3.05, 3.63) is 28.9 Å². The standard InChI is InChI=1S/C20H24ClN3O6S2/c1-11-17(12-7-8-14(21)16(9-12)32(2,28)29)31-20(22-11)24-19(27)23-15(10-25)18(26)30-13-5-3-4-6-13/h7-9,13,15,25H,3-6,10H2,1-2H3,(H2,22,23,24,27)/t15-/m0/s1. The number of hydrogen-bond donors (Lipinski definition) is 3. The summed E-state index contributed by atoms with van der Waals surface area (Å²) in [5, 5.41) is 14.8. The fraction of sp³-hybridized carbons (Fsp3) is 0.450. The zero-order chi connectivity index (χ0) is 23.5. The molecule has 1 aromatic carbocycles. The predicted octanol–water partition coefficient (Wildman–Crippen LogP) is 3.14. The molecule has 3 N–H and O–H groups in total. The molecule has 12 heteroatoms. The molecule has 0 unspecified atom stereocenters. The third kappa shape index (κ3) is 5.97. The van der Waals surface area contributed by atoms with Gasteiger partial charge in [0.1, 0.15) is 6.10 Å². The summed E-state index contributed by atoms with van der Waals surface area (Å²) in [6, 6.07) is 2.71. The second-order valence-electron chi connectivity index (χ2n) is 7.53. The fourth-order valence-corrected chi connectivity index (χ4v) is 5.63. The Morgan fingerprint density at radius 3 is 2.66 bits per heavy atom. The molecule has 1 aromatic heterocycles. The van der Waals surface area contributed by atoms with Crippen LogP contribution in [0.4, 0.5) is 9.93 Å². The average molecular weight is 502 g/mol. The monoisotopic (exact) mass is 501 g/mol. The molecule has 2 amide bonds. The Bertz CT molecular complexity index is 1110. The summed E-state index contributed by atoms with van der Waals surface area (Å²) in [6.45, 7) is 1.12. The number of benzene rings is 1.